The van der Waals surface area contributed by atoms with Gasteiger partial charge in [0, 0.05) is 36.8 Å². The summed E-state index contributed by atoms with van der Waals surface area (Å²) in [6, 6.07) is 20.9. The molecule has 8 heteroatoms. The summed E-state index contributed by atoms with van der Waals surface area (Å²) >= 11 is 0. The van der Waals surface area contributed by atoms with E-state index in [1.807, 2.05) is 36.4 Å². The Kier molecular flexibility index (Phi) is 9.11. The number of rotatable bonds is 11. The van der Waals surface area contributed by atoms with Crippen LogP contribution in [0.1, 0.15) is 51.7 Å². The number of ether oxygens (including phenoxy) is 1. The number of nitrogens with one attached hydrogen (secondary N) is 1. The van der Waals surface area contributed by atoms with E-state index in [4.69, 9.17) is 4.74 Å². The van der Waals surface area contributed by atoms with Crippen LogP contribution < -0.4 is 10.1 Å². The van der Waals surface area contributed by atoms with Crippen LogP contribution in [0.5, 0.6) is 5.75 Å². The Morgan fingerprint density at radius 3 is 2.38 bits per heavy atom. The number of benzene rings is 3. The van der Waals surface area contributed by atoms with Gasteiger partial charge < -0.3 is 10.1 Å². The van der Waals surface area contributed by atoms with Gasteiger partial charge in [-0.2, -0.15) is 4.31 Å². The first kappa shape index (κ1) is 29.5. The third-order valence-electron chi connectivity index (χ3n) is 6.99. The highest BCUT2D eigenvalue weighted by Crippen LogP contribution is 2.29. The number of nitrogens with zero attached hydrogens (tertiary/aromatic N) is 2. The Balaban J connectivity index is 1.50. The van der Waals surface area contributed by atoms with E-state index in [0.717, 1.165) is 39.9 Å². The van der Waals surface area contributed by atoms with Gasteiger partial charge in [0.05, 0.1) is 23.2 Å². The summed E-state index contributed by atoms with van der Waals surface area (Å²) in [6.45, 7) is 8.84. The summed E-state index contributed by atoms with van der Waals surface area (Å²) < 4.78 is 48.0. The van der Waals surface area contributed by atoms with Gasteiger partial charge in [0.15, 0.2) is 0 Å². The first-order valence-corrected chi connectivity index (χ1v) is 15.0. The molecule has 0 spiro atoms. The van der Waals surface area contributed by atoms with Crippen molar-refractivity contribution < 1.29 is 17.5 Å². The number of fused-ring (bicyclic) bond motifs is 1. The third kappa shape index (κ3) is 7.17. The minimum atomic E-state index is -3.77. The van der Waals surface area contributed by atoms with Crippen molar-refractivity contribution in [2.24, 2.45) is 0 Å². The first-order valence-electron chi connectivity index (χ1n) is 13.5. The Bertz CT molecular complexity index is 1530. The van der Waals surface area contributed by atoms with Crippen molar-refractivity contribution >= 4 is 26.6 Å². The lowest BCUT2D eigenvalue weighted by atomic mass is 9.87. The number of pyridine rings is 1. The summed E-state index contributed by atoms with van der Waals surface area (Å²) in [5.41, 5.74) is 3.45. The van der Waals surface area contributed by atoms with Crippen molar-refractivity contribution in [3.63, 3.8) is 0 Å². The molecular weight excluding hydrogens is 525 g/mol. The maximum absolute atomic E-state index is 13.8. The van der Waals surface area contributed by atoms with Gasteiger partial charge >= 0.3 is 0 Å². The zero-order valence-electron chi connectivity index (χ0n) is 23.8. The van der Waals surface area contributed by atoms with Gasteiger partial charge in [-0.05, 0) is 72.7 Å². The van der Waals surface area contributed by atoms with Crippen LogP contribution in [0.4, 0.5) is 10.1 Å². The lowest BCUT2D eigenvalue weighted by Gasteiger charge is -2.25. The van der Waals surface area contributed by atoms with Crippen molar-refractivity contribution in [2.45, 2.75) is 63.4 Å². The van der Waals surface area contributed by atoms with Crippen molar-refractivity contribution in [2.75, 3.05) is 19.0 Å². The number of methoxy groups -OCH3 is 1. The van der Waals surface area contributed by atoms with Crippen LogP contribution >= 0.6 is 0 Å². The van der Waals surface area contributed by atoms with Crippen molar-refractivity contribution in [1.82, 2.24) is 9.29 Å². The van der Waals surface area contributed by atoms with Crippen LogP contribution in [0.3, 0.4) is 0 Å². The molecule has 212 valence electrons. The van der Waals surface area contributed by atoms with E-state index in [0.29, 0.717) is 13.0 Å². The van der Waals surface area contributed by atoms with Gasteiger partial charge in [-0.15, -0.1) is 0 Å². The smallest absolute Gasteiger partial charge is 0.243 e. The summed E-state index contributed by atoms with van der Waals surface area (Å²) in [4.78, 5) is 4.78. The molecule has 1 heterocycles. The van der Waals surface area contributed by atoms with Crippen LogP contribution in [-0.4, -0.2) is 37.4 Å². The summed E-state index contributed by atoms with van der Waals surface area (Å²) in [5, 5.41) is 4.51. The topological polar surface area (TPSA) is 71.5 Å². The zero-order valence-corrected chi connectivity index (χ0v) is 24.6. The Morgan fingerprint density at radius 1 is 1.02 bits per heavy atom. The molecule has 1 N–H and O–H groups in total. The standard InChI is InChI=1S/C32H38FN3O3S/c1-23(35-30-21-28(39-5)20-25-9-6-18-34-31(25)30)8-7-19-36(22-24-10-14-27(33)15-11-24)40(37,38)29-16-12-26(13-17-29)32(2,3)4/h6,9-18,20-21,23,35H,7-8,19,22H2,1-5H3. The molecule has 0 aliphatic rings. The van der Waals surface area contributed by atoms with E-state index < -0.39 is 10.0 Å². The number of halogens is 1. The van der Waals surface area contributed by atoms with Gasteiger partial charge in [0.2, 0.25) is 10.0 Å². The fraction of sp³-hybridized carbons (Fsp3) is 0.344. The highest BCUT2D eigenvalue weighted by molar-refractivity contribution is 7.89. The highest BCUT2D eigenvalue weighted by Gasteiger charge is 2.25. The second-order valence-corrected chi connectivity index (χ2v) is 13.1. The second kappa shape index (κ2) is 12.4. The molecule has 0 aliphatic heterocycles. The molecule has 0 saturated carbocycles. The van der Waals surface area contributed by atoms with E-state index in [9.17, 15) is 12.8 Å². The molecule has 1 atom stereocenters. The van der Waals surface area contributed by atoms with Gasteiger partial charge in [-0.1, -0.05) is 51.1 Å². The number of hydrogen-bond acceptors (Lipinski definition) is 5. The molecule has 0 radical (unpaired) electrons. The van der Waals surface area contributed by atoms with E-state index in [1.165, 1.54) is 16.4 Å². The average Bonchev–Trinajstić information content (AvgIpc) is 2.93. The van der Waals surface area contributed by atoms with Crippen LogP contribution in [0, 0.1) is 5.82 Å². The normalized spacial score (nSPS) is 13.0. The first-order chi connectivity index (χ1) is 19.0. The molecule has 0 amide bonds. The maximum atomic E-state index is 13.8. The van der Waals surface area contributed by atoms with Crippen LogP contribution in [0.2, 0.25) is 0 Å². The minimum Gasteiger partial charge on any atom is -0.497 e. The molecule has 4 aromatic rings. The summed E-state index contributed by atoms with van der Waals surface area (Å²) in [6.07, 6.45) is 3.12. The molecule has 3 aromatic carbocycles. The Labute approximate surface area is 237 Å². The van der Waals surface area contributed by atoms with Crippen LogP contribution in [0.15, 0.2) is 83.9 Å². The largest absolute Gasteiger partial charge is 0.497 e. The monoisotopic (exact) mass is 563 g/mol. The predicted octanol–water partition coefficient (Wildman–Crippen LogP) is 7.15. The molecule has 40 heavy (non-hydrogen) atoms. The van der Waals surface area contributed by atoms with E-state index in [2.05, 4.69) is 38.0 Å². The van der Waals surface area contributed by atoms with E-state index in [-0.39, 0.29) is 28.7 Å². The fourth-order valence-electron chi connectivity index (χ4n) is 4.66. The maximum Gasteiger partial charge on any atom is 0.243 e. The lowest BCUT2D eigenvalue weighted by Crippen LogP contribution is -2.32. The molecule has 4 rings (SSSR count). The molecular formula is C32H38FN3O3S. The van der Waals surface area contributed by atoms with Crippen molar-refractivity contribution in [1.29, 1.82) is 0 Å². The van der Waals surface area contributed by atoms with Gasteiger partial charge in [-0.25, -0.2) is 12.8 Å². The van der Waals surface area contributed by atoms with Gasteiger partial charge in [0.1, 0.15) is 11.6 Å². The van der Waals surface area contributed by atoms with E-state index in [1.54, 1.807) is 37.6 Å². The predicted molar refractivity (Wildman–Crippen MR) is 160 cm³/mol. The van der Waals surface area contributed by atoms with Crippen LogP contribution in [-0.2, 0) is 22.0 Å². The number of aromatic nitrogens is 1. The number of sulfonamides is 1. The summed E-state index contributed by atoms with van der Waals surface area (Å²) in [7, 11) is -2.14. The van der Waals surface area contributed by atoms with E-state index >= 15 is 0 Å². The number of anilines is 1. The zero-order chi connectivity index (χ0) is 28.9. The van der Waals surface area contributed by atoms with Crippen molar-refractivity contribution in [3.8, 4) is 5.75 Å². The molecule has 0 bridgehead atoms. The Hall–Kier alpha value is -3.49. The van der Waals surface area contributed by atoms with Crippen molar-refractivity contribution in [3.05, 3.63) is 95.9 Å². The average molecular weight is 564 g/mol. The van der Waals surface area contributed by atoms with Gasteiger partial charge in [0.25, 0.3) is 0 Å². The van der Waals surface area contributed by atoms with Gasteiger partial charge in [-0.3, -0.25) is 4.98 Å². The number of hydrogen-bond donors (Lipinski definition) is 1. The fourth-order valence-corrected chi connectivity index (χ4v) is 6.12. The summed E-state index contributed by atoms with van der Waals surface area (Å²) in [5.74, 6) is 0.389. The van der Waals surface area contributed by atoms with Crippen LogP contribution in [0.25, 0.3) is 10.9 Å². The molecule has 6 nitrogen and oxygen atoms in total. The molecule has 0 fully saturated rings. The lowest BCUT2D eigenvalue weighted by molar-refractivity contribution is 0.391. The highest BCUT2D eigenvalue weighted by atomic mass is 32.2. The SMILES string of the molecule is COc1cc(NC(C)CCCN(Cc2ccc(F)cc2)S(=O)(=O)c2ccc(C(C)(C)C)cc2)c2ncccc2c1. The second-order valence-electron chi connectivity index (χ2n) is 11.2. The molecule has 1 aromatic heterocycles. The molecule has 1 unspecified atom stereocenters. The third-order valence-corrected chi connectivity index (χ3v) is 8.85. The quantitative estimate of drug-likeness (QED) is 0.210. The molecule has 0 saturated heterocycles. The minimum absolute atomic E-state index is 0.0544. The molecule has 0 aliphatic carbocycles. The Morgan fingerprint density at radius 2 is 1.73 bits per heavy atom.